The molecular weight excluding hydrogens is 394 g/mol. The molecule has 2 aromatic carbocycles. The molecule has 1 aliphatic heterocycles. The fourth-order valence-electron chi connectivity index (χ4n) is 3.42. The lowest BCUT2D eigenvalue weighted by atomic mass is 10.0. The molecule has 2 atom stereocenters. The average Bonchev–Trinajstić information content (AvgIpc) is 3.13. The Hall–Kier alpha value is -2.32. The van der Waals surface area contributed by atoms with E-state index >= 15 is 0 Å². The van der Waals surface area contributed by atoms with Crippen LogP contribution < -0.4 is 5.32 Å². The molecule has 1 aromatic heterocycles. The van der Waals surface area contributed by atoms with Gasteiger partial charge in [-0.05, 0) is 37.1 Å². The first-order chi connectivity index (χ1) is 13.4. The molecule has 6 nitrogen and oxygen atoms in total. The van der Waals surface area contributed by atoms with Crippen LogP contribution in [0.25, 0.3) is 11.0 Å². The highest BCUT2D eigenvalue weighted by molar-refractivity contribution is 8.00. The summed E-state index contributed by atoms with van der Waals surface area (Å²) in [4.78, 5) is 20.7. The van der Waals surface area contributed by atoms with Gasteiger partial charge in [-0.3, -0.25) is 4.79 Å². The zero-order chi connectivity index (χ0) is 19.7. The highest BCUT2D eigenvalue weighted by atomic mass is 32.2. The highest BCUT2D eigenvalue weighted by Crippen LogP contribution is 2.32. The number of nitrogens with zero attached hydrogens (tertiary/aromatic N) is 1. The zero-order valence-electron chi connectivity index (χ0n) is 15.4. The molecule has 0 bridgehead atoms. The normalized spacial score (nSPS) is 19.1. The molecule has 146 valence electrons. The number of rotatable bonds is 5. The zero-order valence-corrected chi connectivity index (χ0v) is 17.0. The molecule has 3 aromatic rings. The minimum absolute atomic E-state index is 0.0390. The summed E-state index contributed by atoms with van der Waals surface area (Å²) in [6.45, 7) is 2.01. The van der Waals surface area contributed by atoms with Gasteiger partial charge in [0.2, 0.25) is 5.91 Å². The maximum atomic E-state index is 12.5. The predicted octanol–water partition coefficient (Wildman–Crippen LogP) is 3.39. The van der Waals surface area contributed by atoms with Gasteiger partial charge in [-0.1, -0.05) is 30.3 Å². The SMILES string of the molecule is CC(SCC(=O)NC1CCS(=O)(=O)c2ccccc21)c1nc2ccccc2[nH]1. The van der Waals surface area contributed by atoms with Gasteiger partial charge in [0.15, 0.2) is 9.84 Å². The van der Waals surface area contributed by atoms with Gasteiger partial charge in [-0.15, -0.1) is 11.8 Å². The first-order valence-corrected chi connectivity index (χ1v) is 11.8. The molecule has 0 fully saturated rings. The van der Waals surface area contributed by atoms with Crippen molar-refractivity contribution in [3.05, 3.63) is 59.9 Å². The Morgan fingerprint density at radius 1 is 1.25 bits per heavy atom. The van der Waals surface area contributed by atoms with Crippen LogP contribution in [0.15, 0.2) is 53.4 Å². The van der Waals surface area contributed by atoms with E-state index in [-0.39, 0.29) is 28.7 Å². The molecule has 0 aliphatic carbocycles. The van der Waals surface area contributed by atoms with Crippen LogP contribution in [0.3, 0.4) is 0 Å². The van der Waals surface area contributed by atoms with Crippen LogP contribution in [-0.4, -0.2) is 35.8 Å². The molecule has 0 spiro atoms. The maximum absolute atomic E-state index is 12.5. The standard InChI is InChI=1S/C20H21N3O3S2/c1-13(20-22-16-7-3-4-8-17(16)23-20)27-12-19(24)21-15-10-11-28(25,26)18-9-5-2-6-14(15)18/h2-9,13,15H,10-12H2,1H3,(H,21,24)(H,22,23). The number of thioether (sulfide) groups is 1. The van der Waals surface area contributed by atoms with Crippen LogP contribution in [0.2, 0.25) is 0 Å². The molecule has 0 radical (unpaired) electrons. The summed E-state index contributed by atoms with van der Waals surface area (Å²) in [6, 6.07) is 14.5. The number of amides is 1. The van der Waals surface area contributed by atoms with Crippen molar-refractivity contribution in [2.75, 3.05) is 11.5 Å². The van der Waals surface area contributed by atoms with Crippen molar-refractivity contribution in [1.82, 2.24) is 15.3 Å². The van der Waals surface area contributed by atoms with Gasteiger partial charge in [-0.2, -0.15) is 0 Å². The van der Waals surface area contributed by atoms with Crippen LogP contribution >= 0.6 is 11.8 Å². The number of imidazole rings is 1. The second kappa shape index (κ2) is 7.60. The van der Waals surface area contributed by atoms with Crippen LogP contribution in [0.4, 0.5) is 0 Å². The lowest BCUT2D eigenvalue weighted by molar-refractivity contribution is -0.119. The molecule has 2 heterocycles. The predicted molar refractivity (Wildman–Crippen MR) is 111 cm³/mol. The third kappa shape index (κ3) is 3.79. The number of carbonyl (C=O) groups is 1. The summed E-state index contributed by atoms with van der Waals surface area (Å²) in [5.74, 6) is 1.07. The van der Waals surface area contributed by atoms with Gasteiger partial charge in [0.25, 0.3) is 0 Å². The highest BCUT2D eigenvalue weighted by Gasteiger charge is 2.30. The van der Waals surface area contributed by atoms with E-state index in [0.29, 0.717) is 16.9 Å². The molecule has 2 N–H and O–H groups in total. The van der Waals surface area contributed by atoms with E-state index in [1.807, 2.05) is 31.2 Å². The second-order valence-electron chi connectivity index (χ2n) is 6.86. The van der Waals surface area contributed by atoms with Gasteiger partial charge >= 0.3 is 0 Å². The average molecular weight is 416 g/mol. The van der Waals surface area contributed by atoms with Crippen LogP contribution in [-0.2, 0) is 14.6 Å². The third-order valence-electron chi connectivity index (χ3n) is 4.90. The number of benzene rings is 2. The topological polar surface area (TPSA) is 91.9 Å². The van der Waals surface area contributed by atoms with Crippen LogP contribution in [0.1, 0.15) is 36.0 Å². The number of para-hydroxylation sites is 2. The number of carbonyl (C=O) groups excluding carboxylic acids is 1. The van der Waals surface area contributed by atoms with Crippen molar-refractivity contribution in [2.45, 2.75) is 29.5 Å². The molecule has 4 rings (SSSR count). The van der Waals surface area contributed by atoms with Crippen molar-refractivity contribution < 1.29 is 13.2 Å². The lowest BCUT2D eigenvalue weighted by Gasteiger charge is -2.26. The van der Waals surface area contributed by atoms with E-state index in [4.69, 9.17) is 0 Å². The van der Waals surface area contributed by atoms with Crippen molar-refractivity contribution in [3.63, 3.8) is 0 Å². The summed E-state index contributed by atoms with van der Waals surface area (Å²) < 4.78 is 24.4. The summed E-state index contributed by atoms with van der Waals surface area (Å²) in [6.07, 6.45) is 0.398. The fraction of sp³-hybridized carbons (Fsp3) is 0.300. The van der Waals surface area contributed by atoms with Gasteiger partial charge in [0.05, 0.1) is 38.7 Å². The monoisotopic (exact) mass is 415 g/mol. The van der Waals surface area contributed by atoms with E-state index in [0.717, 1.165) is 16.9 Å². The largest absolute Gasteiger partial charge is 0.349 e. The van der Waals surface area contributed by atoms with E-state index in [9.17, 15) is 13.2 Å². The fourth-order valence-corrected chi connectivity index (χ4v) is 5.80. The Morgan fingerprint density at radius 2 is 2.00 bits per heavy atom. The van der Waals surface area contributed by atoms with Gasteiger partial charge < -0.3 is 10.3 Å². The Balaban J connectivity index is 1.39. The summed E-state index contributed by atoms with van der Waals surface area (Å²) in [5.41, 5.74) is 2.57. The van der Waals surface area contributed by atoms with Crippen molar-refractivity contribution in [2.24, 2.45) is 0 Å². The van der Waals surface area contributed by atoms with E-state index < -0.39 is 9.84 Å². The maximum Gasteiger partial charge on any atom is 0.230 e. The van der Waals surface area contributed by atoms with Crippen molar-refractivity contribution in [3.8, 4) is 0 Å². The number of hydrogen-bond donors (Lipinski definition) is 2. The van der Waals surface area contributed by atoms with Crippen molar-refractivity contribution >= 4 is 38.5 Å². The number of hydrogen-bond acceptors (Lipinski definition) is 5. The number of aromatic amines is 1. The molecule has 1 aliphatic rings. The van der Waals surface area contributed by atoms with Gasteiger partial charge in [0, 0.05) is 0 Å². The Kier molecular flexibility index (Phi) is 5.16. The van der Waals surface area contributed by atoms with E-state index in [2.05, 4.69) is 15.3 Å². The Labute approximate surface area is 168 Å². The first kappa shape index (κ1) is 19.0. The number of nitrogens with one attached hydrogen (secondary N) is 2. The van der Waals surface area contributed by atoms with Gasteiger partial charge in [0.1, 0.15) is 5.82 Å². The molecule has 2 unspecified atom stereocenters. The Morgan fingerprint density at radius 3 is 2.82 bits per heavy atom. The molecule has 1 amide bonds. The molecule has 8 heteroatoms. The van der Waals surface area contributed by atoms with Crippen LogP contribution in [0, 0.1) is 0 Å². The second-order valence-corrected chi connectivity index (χ2v) is 10.3. The van der Waals surface area contributed by atoms with E-state index in [1.165, 1.54) is 11.8 Å². The van der Waals surface area contributed by atoms with Crippen LogP contribution in [0.5, 0.6) is 0 Å². The molecule has 28 heavy (non-hydrogen) atoms. The minimum Gasteiger partial charge on any atom is -0.349 e. The van der Waals surface area contributed by atoms with Gasteiger partial charge in [-0.25, -0.2) is 13.4 Å². The molecule has 0 saturated heterocycles. The smallest absolute Gasteiger partial charge is 0.230 e. The minimum atomic E-state index is -3.25. The van der Waals surface area contributed by atoms with Crippen molar-refractivity contribution in [1.29, 1.82) is 0 Å². The quantitative estimate of drug-likeness (QED) is 0.666. The number of fused-ring (bicyclic) bond motifs is 2. The first-order valence-electron chi connectivity index (χ1n) is 9.11. The number of H-pyrrole nitrogens is 1. The van der Waals surface area contributed by atoms with E-state index in [1.54, 1.807) is 24.3 Å². The molecular formula is C20H21N3O3S2. The lowest BCUT2D eigenvalue weighted by Crippen LogP contribution is -2.34. The number of aromatic nitrogens is 2. The Bertz CT molecular complexity index is 1090. The summed E-state index contributed by atoms with van der Waals surface area (Å²) in [5, 5.41) is 3.03. The summed E-state index contributed by atoms with van der Waals surface area (Å²) in [7, 11) is -3.25. The third-order valence-corrected chi connectivity index (χ3v) is 7.86. The summed E-state index contributed by atoms with van der Waals surface area (Å²) >= 11 is 1.50. The molecule has 0 saturated carbocycles. The number of sulfone groups is 1.